The van der Waals surface area contributed by atoms with Gasteiger partial charge in [0.1, 0.15) is 24.2 Å². The Morgan fingerprint density at radius 2 is 1.53 bits per heavy atom. The third kappa shape index (κ3) is 8.39. The maximum absolute atomic E-state index is 15.0. The van der Waals surface area contributed by atoms with Crippen LogP contribution in [0, 0.1) is 5.82 Å². The van der Waals surface area contributed by atoms with Crippen LogP contribution in [0.4, 0.5) is 10.1 Å². The molecular weight excluding hydrogens is 625 g/mol. The van der Waals surface area contributed by atoms with Gasteiger partial charge in [0.2, 0.25) is 11.8 Å². The lowest BCUT2D eigenvalue weighted by atomic mass is 10.0. The highest BCUT2D eigenvalue weighted by atomic mass is 32.2. The Bertz CT molecular complexity index is 1770. The monoisotopic (exact) mass is 663 g/mol. The Labute approximate surface area is 274 Å². The van der Waals surface area contributed by atoms with Crippen LogP contribution < -0.4 is 23.8 Å². The molecule has 0 saturated heterocycles. The summed E-state index contributed by atoms with van der Waals surface area (Å²) in [5.74, 6) is -0.780. The van der Waals surface area contributed by atoms with Crippen LogP contribution in [-0.2, 0) is 32.6 Å². The molecule has 4 rings (SSSR count). The average molecular weight is 664 g/mol. The van der Waals surface area contributed by atoms with Crippen molar-refractivity contribution in [1.29, 1.82) is 0 Å². The van der Waals surface area contributed by atoms with Crippen LogP contribution in [0.3, 0.4) is 0 Å². The highest BCUT2D eigenvalue weighted by Crippen LogP contribution is 2.33. The van der Waals surface area contributed by atoms with Gasteiger partial charge < -0.3 is 24.4 Å². The van der Waals surface area contributed by atoms with Gasteiger partial charge in [-0.25, -0.2) is 12.8 Å². The summed E-state index contributed by atoms with van der Waals surface area (Å²) in [7, 11) is -0.165. The molecule has 1 atom stereocenters. The van der Waals surface area contributed by atoms with Crippen LogP contribution in [-0.4, -0.2) is 65.6 Å². The van der Waals surface area contributed by atoms with E-state index in [1.54, 1.807) is 18.2 Å². The van der Waals surface area contributed by atoms with E-state index in [0.717, 1.165) is 9.87 Å². The number of carbonyl (C=O) groups excluding carboxylic acids is 2. The van der Waals surface area contributed by atoms with Crippen LogP contribution in [0.25, 0.3) is 0 Å². The molecule has 0 radical (unpaired) electrons. The van der Waals surface area contributed by atoms with Gasteiger partial charge in [0.05, 0.1) is 31.4 Å². The molecule has 12 heteroatoms. The number of methoxy groups -OCH3 is 2. The predicted molar refractivity (Wildman–Crippen MR) is 177 cm³/mol. The smallest absolute Gasteiger partial charge is 0.264 e. The summed E-state index contributed by atoms with van der Waals surface area (Å²) in [6.45, 7) is 1.23. The zero-order chi connectivity index (χ0) is 34.0. The lowest BCUT2D eigenvalue weighted by Gasteiger charge is -2.33. The molecule has 0 spiro atoms. The van der Waals surface area contributed by atoms with Crippen molar-refractivity contribution in [2.45, 2.75) is 30.8 Å². The van der Waals surface area contributed by atoms with Crippen LogP contribution in [0.1, 0.15) is 18.1 Å². The molecule has 47 heavy (non-hydrogen) atoms. The second-order valence-electron chi connectivity index (χ2n) is 10.4. The fourth-order valence-corrected chi connectivity index (χ4v) is 6.47. The molecular formula is C35H38FN3O7S. The Balaban J connectivity index is 1.82. The molecule has 0 bridgehead atoms. The average Bonchev–Trinajstić information content (AvgIpc) is 3.09. The molecule has 0 unspecified atom stereocenters. The number of anilines is 1. The molecule has 0 aliphatic heterocycles. The first kappa shape index (κ1) is 34.8. The zero-order valence-corrected chi connectivity index (χ0v) is 27.5. The Hall–Kier alpha value is -5.10. The molecule has 0 aliphatic rings. The van der Waals surface area contributed by atoms with Crippen molar-refractivity contribution in [2.75, 3.05) is 38.7 Å². The van der Waals surface area contributed by atoms with Gasteiger partial charge in [-0.1, -0.05) is 48.5 Å². The lowest BCUT2D eigenvalue weighted by molar-refractivity contribution is -0.139. The van der Waals surface area contributed by atoms with E-state index in [1.165, 1.54) is 74.7 Å². The molecule has 248 valence electrons. The highest BCUT2D eigenvalue weighted by Gasteiger charge is 2.35. The van der Waals surface area contributed by atoms with Crippen LogP contribution in [0.15, 0.2) is 102 Å². The number of amides is 2. The number of halogens is 1. The van der Waals surface area contributed by atoms with E-state index in [0.29, 0.717) is 18.1 Å². The van der Waals surface area contributed by atoms with E-state index in [2.05, 4.69) is 5.32 Å². The van der Waals surface area contributed by atoms with Crippen molar-refractivity contribution in [3.63, 3.8) is 0 Å². The zero-order valence-electron chi connectivity index (χ0n) is 26.7. The van der Waals surface area contributed by atoms with E-state index in [4.69, 9.17) is 14.2 Å². The summed E-state index contributed by atoms with van der Waals surface area (Å²) in [6.07, 6.45) is 0.103. The summed E-state index contributed by atoms with van der Waals surface area (Å²) < 4.78 is 60.7. The first-order valence-corrected chi connectivity index (χ1v) is 16.3. The number of rotatable bonds is 15. The van der Waals surface area contributed by atoms with Gasteiger partial charge in [-0.2, -0.15) is 0 Å². The second kappa shape index (κ2) is 15.9. The largest absolute Gasteiger partial charge is 0.494 e. The van der Waals surface area contributed by atoms with E-state index >= 15 is 0 Å². The fraction of sp³-hybridized carbons (Fsp3) is 0.257. The number of hydrogen-bond donors (Lipinski definition) is 1. The molecule has 0 fully saturated rings. The quantitative estimate of drug-likeness (QED) is 0.194. The van der Waals surface area contributed by atoms with Crippen LogP contribution >= 0.6 is 0 Å². The molecule has 0 aromatic heterocycles. The Morgan fingerprint density at radius 3 is 2.15 bits per heavy atom. The van der Waals surface area contributed by atoms with Crippen molar-refractivity contribution in [3.05, 3.63) is 114 Å². The summed E-state index contributed by atoms with van der Waals surface area (Å²) in [6, 6.07) is 24.3. The summed E-state index contributed by atoms with van der Waals surface area (Å²) in [5.41, 5.74) is 1.09. The second-order valence-corrected chi connectivity index (χ2v) is 12.3. The van der Waals surface area contributed by atoms with Gasteiger partial charge in [0, 0.05) is 31.6 Å². The lowest BCUT2D eigenvalue weighted by Crippen LogP contribution is -2.53. The maximum Gasteiger partial charge on any atom is 0.264 e. The first-order valence-electron chi connectivity index (χ1n) is 14.9. The number of likely N-dealkylation sites (N-methyl/N-ethyl adjacent to an activating group) is 1. The normalized spacial score (nSPS) is 11.7. The topological polar surface area (TPSA) is 114 Å². The molecule has 2 amide bonds. The van der Waals surface area contributed by atoms with Gasteiger partial charge in [-0.15, -0.1) is 0 Å². The summed E-state index contributed by atoms with van der Waals surface area (Å²) in [4.78, 5) is 28.8. The third-order valence-electron chi connectivity index (χ3n) is 7.47. The molecule has 0 heterocycles. The van der Waals surface area contributed by atoms with Crippen molar-refractivity contribution in [3.8, 4) is 17.2 Å². The van der Waals surface area contributed by atoms with E-state index in [-0.39, 0.29) is 34.9 Å². The third-order valence-corrected chi connectivity index (χ3v) is 9.24. The predicted octanol–water partition coefficient (Wildman–Crippen LogP) is 4.82. The van der Waals surface area contributed by atoms with E-state index < -0.39 is 40.2 Å². The van der Waals surface area contributed by atoms with Gasteiger partial charge >= 0.3 is 0 Å². The Kier molecular flexibility index (Phi) is 11.8. The molecule has 4 aromatic rings. The number of nitrogens with zero attached hydrogens (tertiary/aromatic N) is 2. The number of hydrogen-bond acceptors (Lipinski definition) is 7. The van der Waals surface area contributed by atoms with E-state index in [9.17, 15) is 22.4 Å². The first-order chi connectivity index (χ1) is 22.6. The SMILES string of the molecule is CCOc1ccc(N(CC(=O)N(Cc2ccccc2F)[C@@H](Cc2ccccc2)C(=O)NC)S(=O)(=O)c2ccc(OC)c(OC)c2)cc1. The van der Waals surface area contributed by atoms with Gasteiger partial charge in [0.25, 0.3) is 10.0 Å². The number of ether oxygens (including phenoxy) is 3. The van der Waals surface area contributed by atoms with Gasteiger partial charge in [0.15, 0.2) is 11.5 Å². The fourth-order valence-electron chi connectivity index (χ4n) is 5.04. The van der Waals surface area contributed by atoms with Crippen molar-refractivity contribution < 1.29 is 36.6 Å². The van der Waals surface area contributed by atoms with Crippen molar-refractivity contribution in [2.24, 2.45) is 0 Å². The highest BCUT2D eigenvalue weighted by molar-refractivity contribution is 7.92. The number of carbonyl (C=O) groups is 2. The van der Waals surface area contributed by atoms with Crippen LogP contribution in [0.2, 0.25) is 0 Å². The van der Waals surface area contributed by atoms with Gasteiger partial charge in [-0.3, -0.25) is 13.9 Å². The molecule has 10 nitrogen and oxygen atoms in total. The number of sulfonamides is 1. The molecule has 1 N–H and O–H groups in total. The van der Waals surface area contributed by atoms with Crippen molar-refractivity contribution in [1.82, 2.24) is 10.2 Å². The number of benzene rings is 4. The molecule has 0 saturated carbocycles. The maximum atomic E-state index is 15.0. The van der Waals surface area contributed by atoms with Crippen LogP contribution in [0.5, 0.6) is 17.2 Å². The minimum absolute atomic E-state index is 0.103. The van der Waals surface area contributed by atoms with Gasteiger partial charge in [-0.05, 0) is 55.0 Å². The summed E-state index contributed by atoms with van der Waals surface area (Å²) >= 11 is 0. The van der Waals surface area contributed by atoms with E-state index in [1.807, 2.05) is 37.3 Å². The van der Waals surface area contributed by atoms with Crippen molar-refractivity contribution >= 4 is 27.5 Å². The number of nitrogens with one attached hydrogen (secondary N) is 1. The summed E-state index contributed by atoms with van der Waals surface area (Å²) in [5, 5.41) is 2.61. The minimum atomic E-state index is -4.42. The molecule has 0 aliphatic carbocycles. The standard InChI is InChI=1S/C35H38FN3O7S/c1-5-46-28-17-15-27(16-18-28)39(47(42,43)29-19-20-32(44-3)33(22-29)45-4)24-34(40)38(23-26-13-9-10-14-30(26)36)31(35(41)37-2)21-25-11-7-6-8-12-25/h6-20,22,31H,5,21,23-24H2,1-4H3,(H,37,41)/t31-/m0/s1. The molecule has 4 aromatic carbocycles. The Morgan fingerprint density at radius 1 is 0.872 bits per heavy atom. The minimum Gasteiger partial charge on any atom is -0.494 e.